The maximum absolute atomic E-state index is 13.4. The third-order valence-corrected chi connectivity index (χ3v) is 7.22. The summed E-state index contributed by atoms with van der Waals surface area (Å²) < 4.78 is 42.0. The Morgan fingerprint density at radius 1 is 1.03 bits per heavy atom. The van der Waals surface area contributed by atoms with Gasteiger partial charge < -0.3 is 4.90 Å². The van der Waals surface area contributed by atoms with Crippen LogP contribution in [0.25, 0.3) is 5.69 Å². The number of nitrogens with zero attached hydrogens (tertiary/aromatic N) is 5. The van der Waals surface area contributed by atoms with E-state index in [1.165, 1.54) is 12.1 Å². The molecule has 1 aliphatic heterocycles. The van der Waals surface area contributed by atoms with Crippen molar-refractivity contribution in [2.24, 2.45) is 0 Å². The van der Waals surface area contributed by atoms with Gasteiger partial charge in [-0.1, -0.05) is 17.3 Å². The van der Waals surface area contributed by atoms with Crippen LogP contribution in [0.5, 0.6) is 0 Å². The fourth-order valence-corrected chi connectivity index (χ4v) is 4.25. The van der Waals surface area contributed by atoms with Crippen LogP contribution in [-0.4, -0.2) is 59.7 Å². The first-order valence-corrected chi connectivity index (χ1v) is 12.1. The third kappa shape index (κ3) is 5.25. The lowest BCUT2D eigenvalue weighted by Crippen LogP contribution is -2.46. The summed E-state index contributed by atoms with van der Waals surface area (Å²) in [6.45, 7) is 7.29. The molecule has 0 atom stereocenters. The molecule has 0 saturated carbocycles. The van der Waals surface area contributed by atoms with Gasteiger partial charge in [-0.25, -0.2) is 17.5 Å². The van der Waals surface area contributed by atoms with Gasteiger partial charge in [0.2, 0.25) is 10.0 Å². The highest BCUT2D eigenvalue weighted by Gasteiger charge is 2.20. The molecule has 1 aromatic heterocycles. The van der Waals surface area contributed by atoms with Gasteiger partial charge in [0, 0.05) is 38.4 Å². The Kier molecular flexibility index (Phi) is 6.43. The van der Waals surface area contributed by atoms with Crippen LogP contribution in [0, 0.1) is 5.82 Å². The van der Waals surface area contributed by atoms with Crippen LogP contribution in [0.4, 0.5) is 15.8 Å². The van der Waals surface area contributed by atoms with E-state index in [0.717, 1.165) is 37.6 Å². The minimum absolute atomic E-state index is 0.309. The Balaban J connectivity index is 1.34. The van der Waals surface area contributed by atoms with E-state index >= 15 is 0 Å². The third-order valence-electron chi connectivity index (χ3n) is 5.46. The largest absolute Gasteiger partial charge is 0.369 e. The molecule has 8 nitrogen and oxygen atoms in total. The molecule has 2 aromatic carbocycles. The molecule has 0 unspecified atom stereocenters. The lowest BCUT2D eigenvalue weighted by atomic mass is 10.2. The van der Waals surface area contributed by atoms with E-state index in [-0.39, 0.29) is 5.82 Å². The van der Waals surface area contributed by atoms with Crippen molar-refractivity contribution in [2.75, 3.05) is 35.8 Å². The van der Waals surface area contributed by atoms with Gasteiger partial charge >= 0.3 is 0 Å². The smallest absolute Gasteiger partial charge is 0.235 e. The zero-order chi connectivity index (χ0) is 22.7. The van der Waals surface area contributed by atoms with Crippen LogP contribution < -0.4 is 9.62 Å². The molecule has 1 N–H and O–H groups in total. The molecule has 170 valence electrons. The summed E-state index contributed by atoms with van der Waals surface area (Å²) in [5, 5.41) is 7.85. The zero-order valence-corrected chi connectivity index (χ0v) is 19.0. The summed E-state index contributed by atoms with van der Waals surface area (Å²) in [4.78, 5) is 4.54. The van der Waals surface area contributed by atoms with E-state index in [1.807, 2.05) is 24.4 Å². The number of benzene rings is 2. The number of anilines is 2. The summed E-state index contributed by atoms with van der Waals surface area (Å²) >= 11 is 0. The minimum atomic E-state index is -3.38. The van der Waals surface area contributed by atoms with Crippen LogP contribution >= 0.6 is 0 Å². The van der Waals surface area contributed by atoms with Gasteiger partial charge in [-0.2, -0.15) is 0 Å². The number of aromatic nitrogens is 3. The maximum Gasteiger partial charge on any atom is 0.235 e. The van der Waals surface area contributed by atoms with E-state index in [2.05, 4.69) is 24.8 Å². The molecule has 4 rings (SSSR count). The molecule has 32 heavy (non-hydrogen) atoms. The molecule has 10 heteroatoms. The summed E-state index contributed by atoms with van der Waals surface area (Å²) in [6.07, 6.45) is 1.82. The van der Waals surface area contributed by atoms with Crippen molar-refractivity contribution < 1.29 is 12.8 Å². The average molecular weight is 459 g/mol. The fourth-order valence-electron chi connectivity index (χ4n) is 3.56. The van der Waals surface area contributed by atoms with Crippen LogP contribution in [0.3, 0.4) is 0 Å². The Morgan fingerprint density at radius 3 is 2.47 bits per heavy atom. The Labute approximate surface area is 187 Å². The first-order chi connectivity index (χ1) is 15.3. The quantitative estimate of drug-likeness (QED) is 0.586. The van der Waals surface area contributed by atoms with Crippen molar-refractivity contribution in [2.45, 2.75) is 25.6 Å². The van der Waals surface area contributed by atoms with Crippen molar-refractivity contribution in [1.82, 2.24) is 19.9 Å². The van der Waals surface area contributed by atoms with Crippen LogP contribution in [0.2, 0.25) is 0 Å². The number of rotatable bonds is 7. The summed E-state index contributed by atoms with van der Waals surface area (Å²) in [5.74, 6) is -0.309. The summed E-state index contributed by atoms with van der Waals surface area (Å²) in [7, 11) is -3.38. The molecule has 2 heterocycles. The fraction of sp³-hybridized carbons (Fsp3) is 0.364. The molecular weight excluding hydrogens is 431 g/mol. The molecule has 1 fully saturated rings. The Bertz CT molecular complexity index is 1170. The Morgan fingerprint density at radius 2 is 1.75 bits per heavy atom. The van der Waals surface area contributed by atoms with E-state index in [1.54, 1.807) is 36.7 Å². The van der Waals surface area contributed by atoms with E-state index in [9.17, 15) is 12.8 Å². The molecule has 0 radical (unpaired) electrons. The van der Waals surface area contributed by atoms with Crippen molar-refractivity contribution in [3.8, 4) is 5.69 Å². The molecule has 1 saturated heterocycles. The van der Waals surface area contributed by atoms with E-state index in [4.69, 9.17) is 0 Å². The van der Waals surface area contributed by atoms with Gasteiger partial charge in [0.1, 0.15) is 5.82 Å². The molecule has 0 amide bonds. The summed E-state index contributed by atoms with van der Waals surface area (Å²) in [5.41, 5.74) is 3.03. The second kappa shape index (κ2) is 9.25. The summed E-state index contributed by atoms with van der Waals surface area (Å²) in [6, 6.07) is 13.8. The van der Waals surface area contributed by atoms with Crippen molar-refractivity contribution >= 4 is 21.4 Å². The molecular formula is C22H27FN6O2S. The van der Waals surface area contributed by atoms with E-state index < -0.39 is 15.3 Å². The zero-order valence-electron chi connectivity index (χ0n) is 18.1. The number of halogens is 1. The second-order valence-electron chi connectivity index (χ2n) is 8.14. The first kappa shape index (κ1) is 22.2. The van der Waals surface area contributed by atoms with Crippen molar-refractivity contribution in [3.05, 3.63) is 66.2 Å². The van der Waals surface area contributed by atoms with Gasteiger partial charge in [-0.05, 0) is 50.2 Å². The monoisotopic (exact) mass is 458 g/mol. The van der Waals surface area contributed by atoms with Crippen LogP contribution in [0.1, 0.15) is 19.5 Å². The van der Waals surface area contributed by atoms with Gasteiger partial charge in [0.15, 0.2) is 0 Å². The second-order valence-corrected chi connectivity index (χ2v) is 10.4. The molecule has 0 aliphatic carbocycles. The molecule has 0 bridgehead atoms. The molecule has 3 aromatic rings. The lowest BCUT2D eigenvalue weighted by Gasteiger charge is -2.35. The van der Waals surface area contributed by atoms with Crippen LogP contribution in [0.15, 0.2) is 54.7 Å². The average Bonchev–Trinajstić information content (AvgIpc) is 3.23. The Hall–Kier alpha value is -2.98. The standard InChI is InChI=1S/C22H27FN6O2S/c1-17(2)32(30,31)25-19-6-4-7-21(14-19)28-11-9-27(10-12-28)15-20-16-29(26-24-20)22-8-3-5-18(23)13-22/h3-8,13-14,16-17,25H,9-12,15H2,1-2H3. The first-order valence-electron chi connectivity index (χ1n) is 10.6. The number of piperazine rings is 1. The SMILES string of the molecule is CC(C)S(=O)(=O)Nc1cccc(N2CCN(Cc3cn(-c4cccc(F)c4)nn3)CC2)c1. The van der Waals surface area contributed by atoms with Gasteiger partial charge in [-0.15, -0.1) is 5.10 Å². The highest BCUT2D eigenvalue weighted by atomic mass is 32.2. The normalized spacial score (nSPS) is 15.3. The number of hydrogen-bond acceptors (Lipinski definition) is 6. The van der Waals surface area contributed by atoms with Gasteiger partial charge in [0.05, 0.1) is 28.5 Å². The van der Waals surface area contributed by atoms with Crippen molar-refractivity contribution in [1.29, 1.82) is 0 Å². The number of hydrogen-bond donors (Lipinski definition) is 1. The predicted molar refractivity (Wildman–Crippen MR) is 123 cm³/mol. The van der Waals surface area contributed by atoms with E-state index in [0.29, 0.717) is 17.9 Å². The van der Waals surface area contributed by atoms with Gasteiger partial charge in [0.25, 0.3) is 0 Å². The van der Waals surface area contributed by atoms with Gasteiger partial charge in [-0.3, -0.25) is 9.62 Å². The topological polar surface area (TPSA) is 83.4 Å². The lowest BCUT2D eigenvalue weighted by molar-refractivity contribution is 0.247. The molecule has 1 aliphatic rings. The maximum atomic E-state index is 13.4. The number of nitrogens with one attached hydrogen (secondary N) is 1. The highest BCUT2D eigenvalue weighted by Crippen LogP contribution is 2.23. The number of sulfonamides is 1. The van der Waals surface area contributed by atoms with Crippen LogP contribution in [-0.2, 0) is 16.6 Å². The predicted octanol–water partition coefficient (Wildman–Crippen LogP) is 2.88. The molecule has 0 spiro atoms. The minimum Gasteiger partial charge on any atom is -0.369 e. The highest BCUT2D eigenvalue weighted by molar-refractivity contribution is 7.93. The van der Waals surface area contributed by atoms with Crippen molar-refractivity contribution in [3.63, 3.8) is 0 Å².